The molecule has 0 N–H and O–H groups in total. The molecule has 0 aliphatic heterocycles. The Morgan fingerprint density at radius 1 is 1.00 bits per heavy atom. The van der Waals surface area contributed by atoms with E-state index in [1.165, 1.54) is 5.56 Å². The molecule has 0 unspecified atom stereocenters. The van der Waals surface area contributed by atoms with Gasteiger partial charge in [0.1, 0.15) is 5.15 Å². The SMILES string of the molecule is O=Cc1ccc(CCc2ccc(Cl)cc2)nc1Cl. The van der Waals surface area contributed by atoms with E-state index in [0.29, 0.717) is 11.8 Å². The fourth-order valence-corrected chi connectivity index (χ4v) is 1.98. The lowest BCUT2D eigenvalue weighted by molar-refractivity contribution is 0.112. The number of carbonyl (C=O) groups excluding carboxylic acids is 1. The molecule has 18 heavy (non-hydrogen) atoms. The van der Waals surface area contributed by atoms with Crippen LogP contribution in [0.1, 0.15) is 21.6 Å². The summed E-state index contributed by atoms with van der Waals surface area (Å²) in [6.07, 6.45) is 2.35. The van der Waals surface area contributed by atoms with Gasteiger partial charge in [-0.1, -0.05) is 35.3 Å². The number of pyridine rings is 1. The van der Waals surface area contributed by atoms with Crippen molar-refractivity contribution in [3.05, 3.63) is 63.4 Å². The molecule has 0 bridgehead atoms. The Kier molecular flexibility index (Phi) is 4.34. The molecule has 1 heterocycles. The van der Waals surface area contributed by atoms with Gasteiger partial charge in [-0.05, 0) is 42.7 Å². The Hall–Kier alpha value is -1.38. The highest BCUT2D eigenvalue weighted by atomic mass is 35.5. The minimum absolute atomic E-state index is 0.263. The average molecular weight is 280 g/mol. The van der Waals surface area contributed by atoms with Crippen LogP contribution in [0.3, 0.4) is 0 Å². The summed E-state index contributed by atoms with van der Waals surface area (Å²) in [7, 11) is 0. The maximum absolute atomic E-state index is 10.6. The summed E-state index contributed by atoms with van der Waals surface area (Å²) in [5, 5.41) is 0.994. The van der Waals surface area contributed by atoms with Crippen LogP contribution in [0.15, 0.2) is 36.4 Å². The molecule has 0 saturated carbocycles. The van der Waals surface area contributed by atoms with Gasteiger partial charge in [0.15, 0.2) is 6.29 Å². The highest BCUT2D eigenvalue weighted by Gasteiger charge is 2.03. The van der Waals surface area contributed by atoms with Crippen LogP contribution in [0.25, 0.3) is 0 Å². The molecular weight excluding hydrogens is 269 g/mol. The van der Waals surface area contributed by atoms with E-state index in [-0.39, 0.29) is 5.15 Å². The van der Waals surface area contributed by atoms with Gasteiger partial charge in [-0.15, -0.1) is 0 Å². The van der Waals surface area contributed by atoms with E-state index < -0.39 is 0 Å². The number of halogens is 2. The molecule has 0 atom stereocenters. The minimum atomic E-state index is 0.263. The molecule has 0 fully saturated rings. The second kappa shape index (κ2) is 5.98. The molecule has 4 heteroatoms. The molecule has 1 aromatic carbocycles. The van der Waals surface area contributed by atoms with Gasteiger partial charge in [0, 0.05) is 10.7 Å². The summed E-state index contributed by atoms with van der Waals surface area (Å²) >= 11 is 11.7. The van der Waals surface area contributed by atoms with Gasteiger partial charge >= 0.3 is 0 Å². The van der Waals surface area contributed by atoms with Crippen molar-refractivity contribution in [2.24, 2.45) is 0 Å². The molecule has 92 valence electrons. The minimum Gasteiger partial charge on any atom is -0.298 e. The van der Waals surface area contributed by atoms with Crippen LogP contribution in [-0.4, -0.2) is 11.3 Å². The number of aryl methyl sites for hydroxylation is 2. The monoisotopic (exact) mass is 279 g/mol. The standard InChI is InChI=1S/C14H11Cl2NO/c15-12-5-1-10(2-6-12)3-7-13-8-4-11(9-18)14(16)17-13/h1-2,4-6,8-9H,3,7H2. The van der Waals surface area contributed by atoms with E-state index in [9.17, 15) is 4.79 Å². The fraction of sp³-hybridized carbons (Fsp3) is 0.143. The van der Waals surface area contributed by atoms with Crippen LogP contribution < -0.4 is 0 Å². The number of nitrogens with zero attached hydrogens (tertiary/aromatic N) is 1. The first-order chi connectivity index (χ1) is 8.69. The van der Waals surface area contributed by atoms with E-state index >= 15 is 0 Å². The number of benzene rings is 1. The van der Waals surface area contributed by atoms with Crippen LogP contribution >= 0.6 is 23.2 Å². The highest BCUT2D eigenvalue weighted by molar-refractivity contribution is 6.31. The van der Waals surface area contributed by atoms with Crippen molar-refractivity contribution >= 4 is 29.5 Å². The number of aromatic nitrogens is 1. The Morgan fingerprint density at radius 2 is 1.72 bits per heavy atom. The lowest BCUT2D eigenvalue weighted by atomic mass is 10.1. The van der Waals surface area contributed by atoms with Crippen molar-refractivity contribution in [3.8, 4) is 0 Å². The molecule has 0 amide bonds. The molecule has 2 nitrogen and oxygen atoms in total. The topological polar surface area (TPSA) is 30.0 Å². The number of rotatable bonds is 4. The molecule has 0 radical (unpaired) electrons. The van der Waals surface area contributed by atoms with Gasteiger partial charge in [-0.3, -0.25) is 4.79 Å². The summed E-state index contributed by atoms with van der Waals surface area (Å²) in [5.74, 6) is 0. The second-order valence-corrected chi connectivity index (χ2v) is 4.72. The van der Waals surface area contributed by atoms with Crippen molar-refractivity contribution in [3.63, 3.8) is 0 Å². The third-order valence-corrected chi connectivity index (χ3v) is 3.20. The van der Waals surface area contributed by atoms with Gasteiger partial charge in [0.2, 0.25) is 0 Å². The summed E-state index contributed by atoms with van der Waals surface area (Å²) in [5.41, 5.74) is 2.49. The first kappa shape index (κ1) is 13.1. The van der Waals surface area contributed by atoms with E-state index in [4.69, 9.17) is 23.2 Å². The lowest BCUT2D eigenvalue weighted by Gasteiger charge is -2.03. The fourth-order valence-electron chi connectivity index (χ4n) is 1.63. The van der Waals surface area contributed by atoms with Crippen molar-refractivity contribution in [1.29, 1.82) is 0 Å². The van der Waals surface area contributed by atoms with Crippen LogP contribution in [-0.2, 0) is 12.8 Å². The number of hydrogen-bond acceptors (Lipinski definition) is 2. The maximum atomic E-state index is 10.6. The summed E-state index contributed by atoms with van der Waals surface area (Å²) in [6.45, 7) is 0. The maximum Gasteiger partial charge on any atom is 0.153 e. The van der Waals surface area contributed by atoms with Crippen LogP contribution in [0.5, 0.6) is 0 Å². The summed E-state index contributed by atoms with van der Waals surface area (Å²) in [4.78, 5) is 14.8. The molecule has 2 rings (SSSR count). The quantitative estimate of drug-likeness (QED) is 0.626. The van der Waals surface area contributed by atoms with E-state index in [1.807, 2.05) is 30.3 Å². The number of hydrogen-bond donors (Lipinski definition) is 0. The molecular formula is C14H11Cl2NO. The lowest BCUT2D eigenvalue weighted by Crippen LogP contribution is -1.96. The third kappa shape index (κ3) is 3.31. The van der Waals surface area contributed by atoms with Crippen molar-refractivity contribution in [1.82, 2.24) is 4.98 Å². The normalized spacial score (nSPS) is 10.3. The Labute approximate surface area is 116 Å². The third-order valence-electron chi connectivity index (χ3n) is 2.65. The zero-order valence-electron chi connectivity index (χ0n) is 9.57. The van der Waals surface area contributed by atoms with E-state index in [1.54, 1.807) is 6.07 Å². The summed E-state index contributed by atoms with van der Waals surface area (Å²) < 4.78 is 0. The largest absolute Gasteiger partial charge is 0.298 e. The van der Waals surface area contributed by atoms with Crippen molar-refractivity contribution in [2.45, 2.75) is 12.8 Å². The first-order valence-corrected chi connectivity index (χ1v) is 6.29. The Balaban J connectivity index is 2.04. The second-order valence-electron chi connectivity index (χ2n) is 3.93. The van der Waals surface area contributed by atoms with Crippen molar-refractivity contribution < 1.29 is 4.79 Å². The van der Waals surface area contributed by atoms with Crippen LogP contribution in [0.2, 0.25) is 10.2 Å². The molecule has 1 aromatic heterocycles. The molecule has 2 aromatic rings. The highest BCUT2D eigenvalue weighted by Crippen LogP contribution is 2.14. The first-order valence-electron chi connectivity index (χ1n) is 5.54. The molecule has 0 spiro atoms. The van der Waals surface area contributed by atoms with E-state index in [2.05, 4.69) is 4.98 Å². The predicted octanol–water partition coefficient (Wildman–Crippen LogP) is 3.99. The van der Waals surface area contributed by atoms with Gasteiger partial charge < -0.3 is 0 Å². The van der Waals surface area contributed by atoms with Gasteiger partial charge in [-0.25, -0.2) is 4.98 Å². The zero-order chi connectivity index (χ0) is 13.0. The Morgan fingerprint density at radius 3 is 2.33 bits per heavy atom. The van der Waals surface area contributed by atoms with E-state index in [0.717, 1.165) is 23.6 Å². The van der Waals surface area contributed by atoms with Crippen molar-refractivity contribution in [2.75, 3.05) is 0 Å². The predicted molar refractivity (Wildman–Crippen MR) is 73.5 cm³/mol. The number of aldehydes is 1. The zero-order valence-corrected chi connectivity index (χ0v) is 11.1. The number of carbonyl (C=O) groups is 1. The van der Waals surface area contributed by atoms with Crippen LogP contribution in [0, 0.1) is 0 Å². The van der Waals surface area contributed by atoms with Gasteiger partial charge in [0.25, 0.3) is 0 Å². The Bertz CT molecular complexity index is 552. The average Bonchev–Trinajstić information content (AvgIpc) is 2.38. The molecule has 0 aliphatic carbocycles. The van der Waals surface area contributed by atoms with Gasteiger partial charge in [0.05, 0.1) is 5.56 Å². The summed E-state index contributed by atoms with van der Waals surface area (Å²) in [6, 6.07) is 11.2. The van der Waals surface area contributed by atoms with Crippen LogP contribution in [0.4, 0.5) is 0 Å². The smallest absolute Gasteiger partial charge is 0.153 e. The van der Waals surface area contributed by atoms with Gasteiger partial charge in [-0.2, -0.15) is 0 Å². The molecule has 0 aliphatic rings. The molecule has 0 saturated heterocycles.